The molecular weight excluding hydrogens is 324 g/mol. The summed E-state index contributed by atoms with van der Waals surface area (Å²) in [6, 6.07) is 7.79. The first-order valence-electron chi connectivity index (χ1n) is 9.76. The van der Waals surface area contributed by atoms with Crippen molar-refractivity contribution in [1.82, 2.24) is 15.5 Å². The summed E-state index contributed by atoms with van der Waals surface area (Å²) in [7, 11) is 5.62. The molecule has 0 aliphatic heterocycles. The van der Waals surface area contributed by atoms with Gasteiger partial charge in [0.05, 0.1) is 0 Å². The Kier molecular flexibility index (Phi) is 7.95. The summed E-state index contributed by atoms with van der Waals surface area (Å²) in [6.45, 7) is 4.23. The van der Waals surface area contributed by atoms with Gasteiger partial charge in [-0.1, -0.05) is 31.9 Å². The molecule has 0 aromatic heterocycles. The van der Waals surface area contributed by atoms with Crippen molar-refractivity contribution in [2.45, 2.75) is 39.0 Å². The molecule has 0 bridgehead atoms. The molecule has 1 amide bonds. The van der Waals surface area contributed by atoms with Gasteiger partial charge in [0.1, 0.15) is 0 Å². The lowest BCUT2D eigenvalue weighted by molar-refractivity contribution is 0.0963. The first kappa shape index (κ1) is 20.3. The molecule has 1 saturated carbocycles. The summed E-state index contributed by atoms with van der Waals surface area (Å²) in [5.74, 6) is 2.57. The number of nitrogens with zero attached hydrogens (tertiary/aromatic N) is 2. The summed E-state index contributed by atoms with van der Waals surface area (Å²) in [6.07, 6.45) is 6.22. The molecule has 1 aromatic rings. The Labute approximate surface area is 158 Å². The number of hydrogen-bond donors (Lipinski definition) is 2. The lowest BCUT2D eigenvalue weighted by Crippen LogP contribution is -2.42. The van der Waals surface area contributed by atoms with E-state index in [9.17, 15) is 4.79 Å². The number of carbonyl (C=O) groups excluding carboxylic acids is 1. The average Bonchev–Trinajstić information content (AvgIpc) is 2.66. The topological polar surface area (TPSA) is 56.7 Å². The molecule has 2 rings (SSSR count). The number of nitrogens with one attached hydrogen (secondary N) is 2. The van der Waals surface area contributed by atoms with Crippen LogP contribution in [0.25, 0.3) is 0 Å². The highest BCUT2D eigenvalue weighted by Gasteiger charge is 2.20. The maximum Gasteiger partial charge on any atom is 0.251 e. The molecule has 1 aliphatic carbocycles. The number of carbonyl (C=O) groups is 1. The monoisotopic (exact) mass is 358 g/mol. The van der Waals surface area contributed by atoms with Gasteiger partial charge in [-0.2, -0.15) is 0 Å². The molecule has 0 radical (unpaired) electrons. The second-order valence-electron chi connectivity index (χ2n) is 7.51. The molecular formula is C21H34N4O. The molecule has 0 spiro atoms. The first-order valence-corrected chi connectivity index (χ1v) is 9.76. The second kappa shape index (κ2) is 10.2. The van der Waals surface area contributed by atoms with Gasteiger partial charge in [0, 0.05) is 39.8 Å². The van der Waals surface area contributed by atoms with Gasteiger partial charge in [0.25, 0.3) is 5.91 Å². The Morgan fingerprint density at radius 3 is 2.65 bits per heavy atom. The van der Waals surface area contributed by atoms with Crippen LogP contribution >= 0.6 is 0 Å². The number of rotatable bonds is 6. The third-order valence-corrected chi connectivity index (χ3v) is 5.35. The van der Waals surface area contributed by atoms with Crippen LogP contribution in [-0.2, 0) is 6.42 Å². The van der Waals surface area contributed by atoms with Gasteiger partial charge in [0.2, 0.25) is 0 Å². The summed E-state index contributed by atoms with van der Waals surface area (Å²) in [5, 5.41) is 6.12. The quantitative estimate of drug-likeness (QED) is 0.607. The van der Waals surface area contributed by atoms with Crippen molar-refractivity contribution in [2.24, 2.45) is 16.8 Å². The summed E-state index contributed by atoms with van der Waals surface area (Å²) in [4.78, 5) is 18.4. The normalized spacial score (nSPS) is 20.5. The highest BCUT2D eigenvalue weighted by Crippen LogP contribution is 2.28. The van der Waals surface area contributed by atoms with Crippen LogP contribution in [0.15, 0.2) is 29.3 Å². The maximum absolute atomic E-state index is 11.7. The Hall–Kier alpha value is -2.04. The van der Waals surface area contributed by atoms with E-state index >= 15 is 0 Å². The van der Waals surface area contributed by atoms with E-state index in [4.69, 9.17) is 0 Å². The fraction of sp³-hybridized carbons (Fsp3) is 0.619. The number of benzene rings is 1. The third-order valence-electron chi connectivity index (χ3n) is 5.35. The highest BCUT2D eigenvalue weighted by molar-refractivity contribution is 5.94. The van der Waals surface area contributed by atoms with Gasteiger partial charge in [-0.05, 0) is 48.8 Å². The largest absolute Gasteiger partial charge is 0.356 e. The van der Waals surface area contributed by atoms with Crippen LogP contribution in [-0.4, -0.2) is 51.0 Å². The minimum Gasteiger partial charge on any atom is -0.356 e. The van der Waals surface area contributed by atoms with Gasteiger partial charge in [-0.3, -0.25) is 9.79 Å². The molecule has 26 heavy (non-hydrogen) atoms. The molecule has 5 heteroatoms. The van der Waals surface area contributed by atoms with Gasteiger partial charge >= 0.3 is 0 Å². The van der Waals surface area contributed by atoms with Gasteiger partial charge in [-0.25, -0.2) is 0 Å². The summed E-state index contributed by atoms with van der Waals surface area (Å²) < 4.78 is 0. The zero-order chi connectivity index (χ0) is 18.9. The van der Waals surface area contributed by atoms with Crippen LogP contribution in [0.1, 0.15) is 48.5 Å². The number of aliphatic imine (C=N–C) groups is 1. The van der Waals surface area contributed by atoms with E-state index in [1.165, 1.54) is 25.7 Å². The van der Waals surface area contributed by atoms with E-state index in [0.717, 1.165) is 42.9 Å². The molecule has 0 heterocycles. The van der Waals surface area contributed by atoms with Crippen LogP contribution in [0.3, 0.4) is 0 Å². The minimum atomic E-state index is -0.0443. The van der Waals surface area contributed by atoms with Crippen molar-refractivity contribution >= 4 is 11.9 Å². The lowest BCUT2D eigenvalue weighted by Gasteiger charge is -2.31. The average molecular weight is 359 g/mol. The predicted molar refractivity (Wildman–Crippen MR) is 109 cm³/mol. The van der Waals surface area contributed by atoms with Crippen molar-refractivity contribution in [3.63, 3.8) is 0 Å². The van der Waals surface area contributed by atoms with Crippen LogP contribution in [0.4, 0.5) is 0 Å². The molecule has 0 saturated heterocycles. The highest BCUT2D eigenvalue weighted by atomic mass is 16.1. The second-order valence-corrected chi connectivity index (χ2v) is 7.51. The molecule has 2 N–H and O–H groups in total. The van der Waals surface area contributed by atoms with E-state index in [1.54, 1.807) is 7.05 Å². The number of guanidine groups is 1. The van der Waals surface area contributed by atoms with E-state index < -0.39 is 0 Å². The zero-order valence-electron chi connectivity index (χ0n) is 16.7. The van der Waals surface area contributed by atoms with Crippen LogP contribution < -0.4 is 10.6 Å². The van der Waals surface area contributed by atoms with E-state index in [2.05, 4.69) is 40.6 Å². The minimum absolute atomic E-state index is 0.0443. The van der Waals surface area contributed by atoms with Crippen LogP contribution in [0.2, 0.25) is 0 Å². The van der Waals surface area contributed by atoms with Crippen molar-refractivity contribution in [3.05, 3.63) is 35.4 Å². The van der Waals surface area contributed by atoms with Gasteiger partial charge in [0.15, 0.2) is 5.96 Å². The zero-order valence-corrected chi connectivity index (χ0v) is 16.7. The van der Waals surface area contributed by atoms with Gasteiger partial charge < -0.3 is 15.5 Å². The lowest BCUT2D eigenvalue weighted by atomic mass is 9.83. The van der Waals surface area contributed by atoms with E-state index in [1.807, 2.05) is 25.2 Å². The van der Waals surface area contributed by atoms with Gasteiger partial charge in [-0.15, -0.1) is 0 Å². The number of hydrogen-bond acceptors (Lipinski definition) is 2. The Balaban J connectivity index is 1.80. The predicted octanol–water partition coefficient (Wildman–Crippen LogP) is 2.92. The SMILES string of the molecule is CN=C(NCCc1cccc(C(=O)NC)c1)N(C)CC1CCC(C)CC1. The van der Waals surface area contributed by atoms with Crippen molar-refractivity contribution in [3.8, 4) is 0 Å². The van der Waals surface area contributed by atoms with Crippen molar-refractivity contribution in [2.75, 3.05) is 34.2 Å². The fourth-order valence-corrected chi connectivity index (χ4v) is 3.70. The first-order chi connectivity index (χ1) is 12.5. The smallest absolute Gasteiger partial charge is 0.251 e. The molecule has 1 aliphatic rings. The van der Waals surface area contributed by atoms with Crippen LogP contribution in [0.5, 0.6) is 0 Å². The Morgan fingerprint density at radius 1 is 1.27 bits per heavy atom. The standard InChI is InChI=1S/C21H34N4O/c1-16-8-10-18(11-9-16)15-25(4)21(23-3)24-13-12-17-6-5-7-19(14-17)20(26)22-2/h5-7,14,16,18H,8-13,15H2,1-4H3,(H,22,26)(H,23,24). The van der Waals surface area contributed by atoms with E-state index in [-0.39, 0.29) is 5.91 Å². The number of amides is 1. The molecule has 144 valence electrons. The molecule has 0 atom stereocenters. The molecule has 1 aromatic carbocycles. The Morgan fingerprint density at radius 2 is 2.00 bits per heavy atom. The van der Waals surface area contributed by atoms with E-state index in [0.29, 0.717) is 5.56 Å². The van der Waals surface area contributed by atoms with Crippen molar-refractivity contribution < 1.29 is 4.79 Å². The van der Waals surface area contributed by atoms with Crippen LogP contribution in [0, 0.1) is 11.8 Å². The Bertz CT molecular complexity index is 606. The molecule has 0 unspecified atom stereocenters. The summed E-state index contributed by atoms with van der Waals surface area (Å²) >= 11 is 0. The fourth-order valence-electron chi connectivity index (χ4n) is 3.70. The maximum atomic E-state index is 11.7. The van der Waals surface area contributed by atoms with Crippen molar-refractivity contribution in [1.29, 1.82) is 0 Å². The summed E-state index contributed by atoms with van der Waals surface area (Å²) in [5.41, 5.74) is 1.86. The third kappa shape index (κ3) is 6.04. The molecule has 5 nitrogen and oxygen atoms in total. The molecule has 1 fully saturated rings.